The van der Waals surface area contributed by atoms with Gasteiger partial charge in [0.2, 0.25) is 0 Å². The molecule has 0 fully saturated rings. The van der Waals surface area contributed by atoms with Gasteiger partial charge in [-0.25, -0.2) is 9.18 Å². The summed E-state index contributed by atoms with van der Waals surface area (Å²) in [6.45, 7) is 6.08. The Morgan fingerprint density at radius 3 is 2.62 bits per heavy atom. The topological polar surface area (TPSA) is 96.4 Å². The zero-order valence-electron chi connectivity index (χ0n) is 21.3. The lowest BCUT2D eigenvalue weighted by Crippen LogP contribution is -2.42. The maximum Gasteiger partial charge on any atom is 0.341 e. The smallest absolute Gasteiger partial charge is 0.341 e. The number of rotatable bonds is 4. The largest absolute Gasteiger partial charge is 0.462 e. The number of thiophene rings is 1. The van der Waals surface area contributed by atoms with Crippen LogP contribution in [0.25, 0.3) is 0 Å². The molecule has 2 heterocycles. The molecule has 192 valence electrons. The van der Waals surface area contributed by atoms with Crippen molar-refractivity contribution in [1.82, 2.24) is 0 Å². The van der Waals surface area contributed by atoms with Crippen LogP contribution in [0.2, 0.25) is 0 Å². The number of ketones is 1. The Hall–Kier alpha value is -3.44. The summed E-state index contributed by atoms with van der Waals surface area (Å²) in [6.07, 6.45) is 4.52. The minimum Gasteiger partial charge on any atom is -0.462 e. The number of anilines is 1. The third kappa shape index (κ3) is 4.25. The number of nitriles is 1. The summed E-state index contributed by atoms with van der Waals surface area (Å²) in [5, 5.41) is 10.9. The van der Waals surface area contributed by atoms with Gasteiger partial charge in [0.1, 0.15) is 16.6 Å². The van der Waals surface area contributed by atoms with Gasteiger partial charge in [-0.1, -0.05) is 26.0 Å². The molecule has 0 radical (unpaired) electrons. The number of benzene rings is 1. The van der Waals surface area contributed by atoms with Gasteiger partial charge < -0.3 is 10.5 Å². The van der Waals surface area contributed by atoms with Crippen molar-refractivity contribution < 1.29 is 18.7 Å². The average Bonchev–Trinajstić information content (AvgIpc) is 3.22. The quantitative estimate of drug-likeness (QED) is 0.507. The van der Waals surface area contributed by atoms with Crippen molar-refractivity contribution in [3.63, 3.8) is 0 Å². The molecule has 1 aromatic carbocycles. The van der Waals surface area contributed by atoms with E-state index in [1.807, 2.05) is 13.8 Å². The molecule has 2 aliphatic carbocycles. The normalized spacial score (nSPS) is 20.9. The molecule has 0 amide bonds. The Bertz CT molecular complexity index is 1390. The fourth-order valence-corrected chi connectivity index (χ4v) is 7.27. The van der Waals surface area contributed by atoms with E-state index in [-0.39, 0.29) is 29.2 Å². The number of carbonyl (C=O) groups is 2. The van der Waals surface area contributed by atoms with Gasteiger partial charge in [-0.3, -0.25) is 9.69 Å². The monoisotopic (exact) mass is 519 g/mol. The van der Waals surface area contributed by atoms with Crippen LogP contribution in [-0.4, -0.2) is 18.4 Å². The molecule has 1 aliphatic heterocycles. The first-order valence-electron chi connectivity index (χ1n) is 12.7. The molecule has 1 aromatic heterocycles. The van der Waals surface area contributed by atoms with Gasteiger partial charge in [-0.15, -0.1) is 11.3 Å². The van der Waals surface area contributed by atoms with E-state index < -0.39 is 17.7 Å². The zero-order valence-corrected chi connectivity index (χ0v) is 22.1. The van der Waals surface area contributed by atoms with Crippen LogP contribution < -0.4 is 10.6 Å². The van der Waals surface area contributed by atoms with Crippen molar-refractivity contribution in [3.8, 4) is 6.07 Å². The lowest BCUT2D eigenvalue weighted by molar-refractivity contribution is -0.118. The molecule has 0 saturated heterocycles. The van der Waals surface area contributed by atoms with Crippen LogP contribution in [-0.2, 0) is 22.4 Å². The predicted octanol–water partition coefficient (Wildman–Crippen LogP) is 5.88. The maximum absolute atomic E-state index is 13.8. The third-order valence-electron chi connectivity index (χ3n) is 7.42. The summed E-state index contributed by atoms with van der Waals surface area (Å²) in [4.78, 5) is 29.9. The van der Waals surface area contributed by atoms with Crippen LogP contribution in [0.3, 0.4) is 0 Å². The number of hydrogen-bond acceptors (Lipinski definition) is 7. The van der Waals surface area contributed by atoms with Crippen molar-refractivity contribution in [2.75, 3.05) is 11.5 Å². The highest BCUT2D eigenvalue weighted by molar-refractivity contribution is 7.16. The number of fused-ring (bicyclic) bond motifs is 1. The minimum absolute atomic E-state index is 0.0650. The Labute approximate surface area is 220 Å². The highest BCUT2D eigenvalue weighted by Crippen LogP contribution is 2.53. The van der Waals surface area contributed by atoms with Crippen molar-refractivity contribution in [2.24, 2.45) is 11.1 Å². The van der Waals surface area contributed by atoms with Crippen LogP contribution in [0.5, 0.6) is 0 Å². The van der Waals surface area contributed by atoms with Crippen molar-refractivity contribution >= 4 is 28.1 Å². The lowest BCUT2D eigenvalue weighted by atomic mass is 9.68. The van der Waals surface area contributed by atoms with Gasteiger partial charge in [0.25, 0.3) is 0 Å². The van der Waals surface area contributed by atoms with Crippen LogP contribution in [0.4, 0.5) is 9.39 Å². The number of halogens is 1. The van der Waals surface area contributed by atoms with Gasteiger partial charge in [-0.2, -0.15) is 5.26 Å². The summed E-state index contributed by atoms with van der Waals surface area (Å²) >= 11 is 1.50. The van der Waals surface area contributed by atoms with E-state index in [1.54, 1.807) is 24.0 Å². The molecule has 8 heteroatoms. The Morgan fingerprint density at radius 1 is 1.24 bits per heavy atom. The Kier molecular flexibility index (Phi) is 6.45. The molecule has 6 nitrogen and oxygen atoms in total. The molecule has 0 saturated carbocycles. The minimum atomic E-state index is -0.693. The Morgan fingerprint density at radius 2 is 1.95 bits per heavy atom. The van der Waals surface area contributed by atoms with E-state index in [1.165, 1.54) is 23.5 Å². The number of Topliss-reactive ketones (excluding diaryl/α,β-unsaturated/α-hetero) is 1. The highest BCUT2D eigenvalue weighted by atomic mass is 32.1. The number of nitrogens with two attached hydrogens (primary N) is 1. The van der Waals surface area contributed by atoms with Crippen molar-refractivity contribution in [3.05, 3.63) is 74.3 Å². The first-order valence-corrected chi connectivity index (χ1v) is 13.5. The molecular formula is C29H30FN3O3S. The molecule has 3 aliphatic rings. The first kappa shape index (κ1) is 25.2. The third-order valence-corrected chi connectivity index (χ3v) is 8.70. The number of ether oxygens (including phenoxy) is 1. The van der Waals surface area contributed by atoms with E-state index in [2.05, 4.69) is 6.07 Å². The first-order chi connectivity index (χ1) is 17.7. The molecule has 0 unspecified atom stereocenters. The molecule has 37 heavy (non-hydrogen) atoms. The number of allylic oxidation sites excluding steroid dienone is 3. The predicted molar refractivity (Wildman–Crippen MR) is 140 cm³/mol. The fourth-order valence-electron chi connectivity index (χ4n) is 5.85. The van der Waals surface area contributed by atoms with E-state index in [0.29, 0.717) is 40.2 Å². The number of esters is 1. The van der Waals surface area contributed by atoms with Crippen LogP contribution in [0.1, 0.15) is 78.7 Å². The second kappa shape index (κ2) is 9.46. The van der Waals surface area contributed by atoms with Gasteiger partial charge in [0.15, 0.2) is 5.78 Å². The van der Waals surface area contributed by atoms with Crippen LogP contribution >= 0.6 is 11.3 Å². The number of nitrogens with zero attached hydrogens (tertiary/aromatic N) is 2. The van der Waals surface area contributed by atoms with E-state index >= 15 is 0 Å². The molecule has 5 rings (SSSR count). The lowest BCUT2D eigenvalue weighted by Gasteiger charge is -2.43. The molecule has 0 bridgehead atoms. The van der Waals surface area contributed by atoms with Crippen LogP contribution in [0, 0.1) is 22.6 Å². The number of hydrogen-bond donors (Lipinski definition) is 1. The fraction of sp³-hybridized carbons (Fsp3) is 0.414. The second-order valence-electron chi connectivity index (χ2n) is 10.6. The summed E-state index contributed by atoms with van der Waals surface area (Å²) in [6, 6.07) is 8.11. The van der Waals surface area contributed by atoms with Crippen molar-refractivity contribution in [2.45, 2.75) is 65.2 Å². The van der Waals surface area contributed by atoms with Gasteiger partial charge in [0.05, 0.1) is 29.7 Å². The van der Waals surface area contributed by atoms with Crippen LogP contribution in [0.15, 0.2) is 46.9 Å². The van der Waals surface area contributed by atoms with Gasteiger partial charge in [-0.05, 0) is 67.7 Å². The molecule has 1 atom stereocenters. The maximum atomic E-state index is 13.8. The standard InChI is InChI=1S/C29H30FN3O3S/c1-4-36-28(35)24-18-7-5-6-8-22(18)37-27(24)33-20-13-29(2,3)14-21(34)25(20)23(19(15-31)26(33)32)16-9-11-17(30)12-10-16/h9-12,23H,4-8,13-14,32H2,1-3H3/t23-/m0/s1. The molecule has 0 spiro atoms. The van der Waals surface area contributed by atoms with Gasteiger partial charge >= 0.3 is 5.97 Å². The summed E-state index contributed by atoms with van der Waals surface area (Å²) in [5.74, 6) is -1.37. The SMILES string of the molecule is CCOC(=O)c1c(N2C(N)=C(C#N)[C@H](c3ccc(F)cc3)C3=C2CC(C)(C)CC3=O)sc2c1CCCC2. The van der Waals surface area contributed by atoms with E-state index in [0.717, 1.165) is 36.1 Å². The zero-order chi connectivity index (χ0) is 26.5. The van der Waals surface area contributed by atoms with E-state index in [4.69, 9.17) is 10.5 Å². The molecule has 2 N–H and O–H groups in total. The summed E-state index contributed by atoms with van der Waals surface area (Å²) in [7, 11) is 0. The number of carbonyl (C=O) groups excluding carboxylic acids is 2. The summed E-state index contributed by atoms with van der Waals surface area (Å²) in [5.41, 5.74) is 9.98. The van der Waals surface area contributed by atoms with Gasteiger partial charge in [0, 0.05) is 22.6 Å². The summed E-state index contributed by atoms with van der Waals surface area (Å²) < 4.78 is 19.2. The molecular weight excluding hydrogens is 489 g/mol. The molecule has 2 aromatic rings. The van der Waals surface area contributed by atoms with E-state index in [9.17, 15) is 19.2 Å². The number of aryl methyl sites for hydroxylation is 1. The second-order valence-corrected chi connectivity index (χ2v) is 11.7. The average molecular weight is 520 g/mol. The van der Waals surface area contributed by atoms with Crippen molar-refractivity contribution in [1.29, 1.82) is 5.26 Å². The Balaban J connectivity index is 1.79. The highest BCUT2D eigenvalue weighted by Gasteiger charge is 2.46.